The van der Waals surface area contributed by atoms with Crippen LogP contribution in [0.3, 0.4) is 0 Å². The second-order valence-electron chi connectivity index (χ2n) is 10.3. The summed E-state index contributed by atoms with van der Waals surface area (Å²) in [6.07, 6.45) is 0. The van der Waals surface area contributed by atoms with Crippen molar-refractivity contribution in [1.29, 1.82) is 0 Å². The monoisotopic (exact) mass is 582 g/mol. The zero-order chi connectivity index (χ0) is 30.5. The summed E-state index contributed by atoms with van der Waals surface area (Å²) in [5, 5.41) is 27.7. The van der Waals surface area contributed by atoms with Gasteiger partial charge >= 0.3 is 11.9 Å². The van der Waals surface area contributed by atoms with Gasteiger partial charge in [0, 0.05) is 44.0 Å². The number of carbonyl (C=O) groups is 2. The molecular weight excluding hydrogens is 560 g/mol. The Bertz CT molecular complexity index is 2290. The maximum Gasteiger partial charge on any atom is 0.337 e. The standard InChI is InChI=1S/C34H22N4O6/c39-31-19-8-1-3-10-25(19)37-27-15-23(33(41)42)29(13-21(27)31)35-17-6-5-7-18(12-17)36-30-14-22-28(16-24(30)34(43)44)38-26-11-4-2-9-20(26)32(22)40/h1-16,35-36H,(H,37,39)(H,38,40)(H,41,42)(H,43,44). The Balaban J connectivity index is 1.29. The molecule has 214 valence electrons. The van der Waals surface area contributed by atoms with Crippen molar-refractivity contribution in [3.8, 4) is 0 Å². The van der Waals surface area contributed by atoms with Crippen LogP contribution in [0.1, 0.15) is 20.7 Å². The molecule has 0 aliphatic heterocycles. The number of hydrogen-bond donors (Lipinski definition) is 6. The SMILES string of the molecule is O=C(O)c1cc2[nH]c3ccccc3c(=O)c2cc1Nc1cccc(Nc2cc3c(=O)c4ccccc4[nH]c3cc2C(=O)O)c1. The van der Waals surface area contributed by atoms with Crippen molar-refractivity contribution >= 4 is 78.3 Å². The molecule has 10 heteroatoms. The number of hydrogen-bond acceptors (Lipinski definition) is 6. The number of anilines is 4. The first kappa shape index (κ1) is 26.5. The van der Waals surface area contributed by atoms with Crippen molar-refractivity contribution in [1.82, 2.24) is 9.97 Å². The normalized spacial score (nSPS) is 11.3. The van der Waals surface area contributed by atoms with Crippen LogP contribution < -0.4 is 21.5 Å². The van der Waals surface area contributed by atoms with E-state index in [-0.39, 0.29) is 33.4 Å². The van der Waals surface area contributed by atoms with Crippen LogP contribution in [-0.2, 0) is 0 Å². The highest BCUT2D eigenvalue weighted by Gasteiger charge is 2.17. The van der Waals surface area contributed by atoms with E-state index in [2.05, 4.69) is 20.6 Å². The van der Waals surface area contributed by atoms with Crippen LogP contribution >= 0.6 is 0 Å². The van der Waals surface area contributed by atoms with E-state index >= 15 is 0 Å². The number of aromatic nitrogens is 2. The molecule has 0 radical (unpaired) electrons. The fraction of sp³-hybridized carbons (Fsp3) is 0. The Labute approximate surface area is 247 Å². The lowest BCUT2D eigenvalue weighted by Gasteiger charge is -2.15. The zero-order valence-corrected chi connectivity index (χ0v) is 22.8. The summed E-state index contributed by atoms with van der Waals surface area (Å²) in [7, 11) is 0. The third-order valence-electron chi connectivity index (χ3n) is 7.57. The highest BCUT2D eigenvalue weighted by molar-refractivity contribution is 6.04. The summed E-state index contributed by atoms with van der Waals surface area (Å²) < 4.78 is 0. The number of aromatic carboxylic acids is 2. The topological polar surface area (TPSA) is 164 Å². The summed E-state index contributed by atoms with van der Waals surface area (Å²) in [5.74, 6) is -2.37. The predicted octanol–water partition coefficient (Wildman–Crippen LogP) is 6.56. The number of para-hydroxylation sites is 2. The molecule has 0 unspecified atom stereocenters. The molecule has 10 nitrogen and oxygen atoms in total. The molecule has 6 N–H and O–H groups in total. The van der Waals surface area contributed by atoms with Gasteiger partial charge in [-0.05, 0) is 66.7 Å². The van der Waals surface area contributed by atoms with E-state index in [0.717, 1.165) is 0 Å². The molecule has 0 aliphatic carbocycles. The molecule has 7 rings (SSSR count). The molecule has 0 amide bonds. The van der Waals surface area contributed by atoms with Gasteiger partial charge in [0.1, 0.15) is 0 Å². The van der Waals surface area contributed by atoms with E-state index in [0.29, 0.717) is 55.0 Å². The van der Waals surface area contributed by atoms with Crippen LogP contribution in [-0.4, -0.2) is 32.1 Å². The lowest BCUT2D eigenvalue weighted by atomic mass is 10.0. The molecule has 0 saturated carbocycles. The number of rotatable bonds is 6. The Morgan fingerprint density at radius 2 is 0.932 bits per heavy atom. The Hall–Kier alpha value is -6.42. The molecule has 0 saturated heterocycles. The van der Waals surface area contributed by atoms with Crippen molar-refractivity contribution in [2.75, 3.05) is 10.6 Å². The minimum absolute atomic E-state index is 0.0454. The molecule has 44 heavy (non-hydrogen) atoms. The first-order chi connectivity index (χ1) is 21.3. The van der Waals surface area contributed by atoms with Crippen LogP contribution in [0.25, 0.3) is 43.6 Å². The molecule has 0 fully saturated rings. The van der Waals surface area contributed by atoms with Gasteiger partial charge in [0.15, 0.2) is 10.9 Å². The van der Waals surface area contributed by atoms with Crippen molar-refractivity contribution < 1.29 is 19.8 Å². The second-order valence-corrected chi connectivity index (χ2v) is 10.3. The average Bonchev–Trinajstić information content (AvgIpc) is 3.01. The highest BCUT2D eigenvalue weighted by Crippen LogP contribution is 2.30. The summed E-state index contributed by atoms with van der Waals surface area (Å²) in [6, 6.07) is 26.7. The largest absolute Gasteiger partial charge is 0.478 e. The molecule has 2 aromatic heterocycles. The van der Waals surface area contributed by atoms with Crippen LogP contribution in [0, 0.1) is 0 Å². The van der Waals surface area contributed by atoms with E-state index in [1.807, 2.05) is 0 Å². The third kappa shape index (κ3) is 4.47. The quantitative estimate of drug-likeness (QED) is 0.120. The molecular formula is C34H22N4O6. The number of carboxylic acids is 2. The van der Waals surface area contributed by atoms with Gasteiger partial charge in [-0.1, -0.05) is 30.3 Å². The highest BCUT2D eigenvalue weighted by atomic mass is 16.4. The molecule has 5 aromatic carbocycles. The third-order valence-corrected chi connectivity index (χ3v) is 7.57. The number of H-pyrrole nitrogens is 2. The Kier molecular flexibility index (Phi) is 6.10. The molecule has 0 bridgehead atoms. The van der Waals surface area contributed by atoms with E-state index in [1.165, 1.54) is 24.3 Å². The van der Waals surface area contributed by atoms with Crippen molar-refractivity contribution in [3.63, 3.8) is 0 Å². The van der Waals surface area contributed by atoms with Gasteiger partial charge in [-0.3, -0.25) is 9.59 Å². The van der Waals surface area contributed by atoms with Crippen LogP contribution in [0.4, 0.5) is 22.7 Å². The zero-order valence-electron chi connectivity index (χ0n) is 22.8. The molecule has 0 spiro atoms. The van der Waals surface area contributed by atoms with Gasteiger partial charge in [0.05, 0.1) is 33.5 Å². The van der Waals surface area contributed by atoms with E-state index in [1.54, 1.807) is 72.8 Å². The maximum atomic E-state index is 13.2. The van der Waals surface area contributed by atoms with E-state index in [4.69, 9.17) is 0 Å². The van der Waals surface area contributed by atoms with Crippen molar-refractivity contribution in [2.24, 2.45) is 0 Å². The number of nitrogens with one attached hydrogen (secondary N) is 4. The lowest BCUT2D eigenvalue weighted by Crippen LogP contribution is -2.09. The van der Waals surface area contributed by atoms with E-state index in [9.17, 15) is 29.4 Å². The molecule has 2 heterocycles. The Morgan fingerprint density at radius 3 is 1.36 bits per heavy atom. The number of carboxylic acid groups (broad SMARTS) is 2. The lowest BCUT2D eigenvalue weighted by molar-refractivity contribution is 0.0687. The van der Waals surface area contributed by atoms with Gasteiger partial charge in [0.2, 0.25) is 0 Å². The van der Waals surface area contributed by atoms with Gasteiger partial charge in [-0.2, -0.15) is 0 Å². The van der Waals surface area contributed by atoms with Crippen molar-refractivity contribution in [2.45, 2.75) is 0 Å². The number of aromatic amines is 2. The van der Waals surface area contributed by atoms with Gasteiger partial charge in [0.25, 0.3) is 0 Å². The summed E-state index contributed by atoms with van der Waals surface area (Å²) in [4.78, 5) is 57.1. The molecule has 0 aliphatic rings. The minimum Gasteiger partial charge on any atom is -0.478 e. The van der Waals surface area contributed by atoms with Crippen molar-refractivity contribution in [3.05, 3.63) is 129 Å². The average molecular weight is 583 g/mol. The molecule has 7 aromatic rings. The van der Waals surface area contributed by atoms with Crippen LogP contribution in [0.2, 0.25) is 0 Å². The summed E-state index contributed by atoms with van der Waals surface area (Å²) in [5.41, 5.74) is 2.82. The predicted molar refractivity (Wildman–Crippen MR) is 171 cm³/mol. The fourth-order valence-corrected chi connectivity index (χ4v) is 5.49. The number of pyridine rings is 2. The van der Waals surface area contributed by atoms with Gasteiger partial charge in [-0.15, -0.1) is 0 Å². The van der Waals surface area contributed by atoms with Gasteiger partial charge < -0.3 is 30.8 Å². The first-order valence-electron chi connectivity index (χ1n) is 13.5. The Morgan fingerprint density at radius 1 is 0.500 bits per heavy atom. The van der Waals surface area contributed by atoms with E-state index < -0.39 is 11.9 Å². The molecule has 0 atom stereocenters. The van der Waals surface area contributed by atoms with Gasteiger partial charge in [-0.25, -0.2) is 9.59 Å². The fourth-order valence-electron chi connectivity index (χ4n) is 5.49. The first-order valence-corrected chi connectivity index (χ1v) is 13.5. The number of benzene rings is 5. The summed E-state index contributed by atoms with van der Waals surface area (Å²) in [6.45, 7) is 0. The second kappa shape index (κ2) is 10.1. The summed E-state index contributed by atoms with van der Waals surface area (Å²) >= 11 is 0. The maximum absolute atomic E-state index is 13.2. The van der Waals surface area contributed by atoms with Crippen LogP contribution in [0.15, 0.2) is 107 Å². The smallest absolute Gasteiger partial charge is 0.337 e. The minimum atomic E-state index is -1.18. The van der Waals surface area contributed by atoms with Crippen LogP contribution in [0.5, 0.6) is 0 Å². The number of fused-ring (bicyclic) bond motifs is 4.